The van der Waals surface area contributed by atoms with Gasteiger partial charge in [0.2, 0.25) is 0 Å². The summed E-state index contributed by atoms with van der Waals surface area (Å²) in [6.45, 7) is 1.74. The molecule has 1 aromatic heterocycles. The summed E-state index contributed by atoms with van der Waals surface area (Å²) in [6.07, 6.45) is 1.41. The van der Waals surface area contributed by atoms with Gasteiger partial charge >= 0.3 is 5.97 Å². The third kappa shape index (κ3) is 1.74. The van der Waals surface area contributed by atoms with E-state index in [0.717, 1.165) is 0 Å². The highest BCUT2D eigenvalue weighted by Gasteiger charge is 2.09. The first kappa shape index (κ1) is 8.13. The number of aryl methyl sites for hydroxylation is 1. The van der Waals surface area contributed by atoms with Crippen molar-refractivity contribution in [2.75, 3.05) is 0 Å². The molecular formula is C6H5BrN2O2. The van der Waals surface area contributed by atoms with Crippen molar-refractivity contribution in [1.29, 1.82) is 0 Å². The molecule has 0 fully saturated rings. The Morgan fingerprint density at radius 3 is 2.82 bits per heavy atom. The summed E-state index contributed by atoms with van der Waals surface area (Å²) in [6, 6.07) is 0. The molecule has 0 aliphatic carbocycles. The molecule has 0 aromatic carbocycles. The number of hydrogen-bond acceptors (Lipinski definition) is 3. The van der Waals surface area contributed by atoms with Gasteiger partial charge in [0.1, 0.15) is 4.60 Å². The second-order valence-corrected chi connectivity index (χ2v) is 2.71. The summed E-state index contributed by atoms with van der Waals surface area (Å²) in [5, 5.41) is 8.52. The van der Waals surface area contributed by atoms with Crippen LogP contribution in [0.15, 0.2) is 10.8 Å². The van der Waals surface area contributed by atoms with Crippen LogP contribution in [-0.4, -0.2) is 21.0 Å². The van der Waals surface area contributed by atoms with Crippen LogP contribution in [-0.2, 0) is 0 Å². The molecule has 0 saturated carbocycles. The van der Waals surface area contributed by atoms with Gasteiger partial charge in [0.15, 0.2) is 5.69 Å². The summed E-state index contributed by atoms with van der Waals surface area (Å²) in [5.41, 5.74) is 0.623. The van der Waals surface area contributed by atoms with Gasteiger partial charge in [-0.1, -0.05) is 0 Å². The summed E-state index contributed by atoms with van der Waals surface area (Å²) in [4.78, 5) is 17.9. The molecule has 0 amide bonds. The highest BCUT2D eigenvalue weighted by molar-refractivity contribution is 9.10. The van der Waals surface area contributed by atoms with Gasteiger partial charge in [-0.25, -0.2) is 14.8 Å². The van der Waals surface area contributed by atoms with Crippen molar-refractivity contribution in [3.05, 3.63) is 22.2 Å². The molecule has 0 spiro atoms. The third-order valence-electron chi connectivity index (χ3n) is 1.05. The molecule has 0 bridgehead atoms. The van der Waals surface area contributed by atoms with Gasteiger partial charge in [0.25, 0.3) is 0 Å². The van der Waals surface area contributed by atoms with Crippen molar-refractivity contribution in [2.45, 2.75) is 6.92 Å². The van der Waals surface area contributed by atoms with Crippen molar-refractivity contribution < 1.29 is 9.90 Å². The van der Waals surface area contributed by atoms with Crippen LogP contribution in [0.25, 0.3) is 0 Å². The number of hydrogen-bond donors (Lipinski definition) is 1. The molecule has 1 aromatic rings. The van der Waals surface area contributed by atoms with E-state index in [1.165, 1.54) is 6.20 Å². The number of rotatable bonds is 1. The van der Waals surface area contributed by atoms with Gasteiger partial charge in [-0.2, -0.15) is 0 Å². The Morgan fingerprint density at radius 2 is 2.36 bits per heavy atom. The van der Waals surface area contributed by atoms with E-state index in [1.807, 2.05) is 0 Å². The highest BCUT2D eigenvalue weighted by Crippen LogP contribution is 2.10. The third-order valence-corrected chi connectivity index (χ3v) is 1.61. The Labute approximate surface area is 71.4 Å². The maximum Gasteiger partial charge on any atom is 0.357 e. The zero-order valence-corrected chi connectivity index (χ0v) is 7.29. The predicted octanol–water partition coefficient (Wildman–Crippen LogP) is 1.25. The first-order valence-corrected chi connectivity index (χ1v) is 3.63. The Balaban J connectivity index is 3.20. The average molecular weight is 217 g/mol. The van der Waals surface area contributed by atoms with Crippen LogP contribution in [0.5, 0.6) is 0 Å². The highest BCUT2D eigenvalue weighted by atomic mass is 79.9. The van der Waals surface area contributed by atoms with Crippen LogP contribution in [0.2, 0.25) is 0 Å². The summed E-state index contributed by atoms with van der Waals surface area (Å²) in [7, 11) is 0. The number of halogens is 1. The zero-order valence-electron chi connectivity index (χ0n) is 5.71. The van der Waals surface area contributed by atoms with Gasteiger partial charge in [0, 0.05) is 6.20 Å². The fraction of sp³-hybridized carbons (Fsp3) is 0.167. The van der Waals surface area contributed by atoms with Crippen LogP contribution in [0, 0.1) is 6.92 Å². The normalized spacial score (nSPS) is 9.64. The van der Waals surface area contributed by atoms with Crippen molar-refractivity contribution in [2.24, 2.45) is 0 Å². The maximum absolute atomic E-state index is 10.4. The molecule has 0 saturated heterocycles. The molecule has 4 nitrogen and oxygen atoms in total. The molecule has 58 valence electrons. The molecule has 0 aliphatic rings. The minimum absolute atomic E-state index is 0.0596. The molecule has 0 aliphatic heterocycles. The monoisotopic (exact) mass is 216 g/mol. The Morgan fingerprint density at radius 1 is 1.73 bits per heavy atom. The first-order chi connectivity index (χ1) is 5.11. The zero-order chi connectivity index (χ0) is 8.43. The van der Waals surface area contributed by atoms with Crippen LogP contribution >= 0.6 is 15.9 Å². The van der Waals surface area contributed by atoms with Gasteiger partial charge in [-0.05, 0) is 22.9 Å². The number of aromatic carboxylic acids is 1. The van der Waals surface area contributed by atoms with Gasteiger partial charge < -0.3 is 5.11 Å². The second-order valence-electron chi connectivity index (χ2n) is 1.96. The number of aromatic nitrogens is 2. The van der Waals surface area contributed by atoms with E-state index in [0.29, 0.717) is 5.69 Å². The van der Waals surface area contributed by atoms with Crippen molar-refractivity contribution in [3.63, 3.8) is 0 Å². The van der Waals surface area contributed by atoms with Crippen molar-refractivity contribution >= 4 is 21.9 Å². The van der Waals surface area contributed by atoms with Crippen LogP contribution < -0.4 is 0 Å². The predicted molar refractivity (Wildman–Crippen MR) is 41.4 cm³/mol. The average Bonchev–Trinajstić information content (AvgIpc) is 1.85. The van der Waals surface area contributed by atoms with Crippen molar-refractivity contribution in [1.82, 2.24) is 9.97 Å². The maximum atomic E-state index is 10.4. The van der Waals surface area contributed by atoms with E-state index in [4.69, 9.17) is 5.11 Å². The molecule has 1 N–H and O–H groups in total. The molecule has 1 heterocycles. The Bertz CT molecular complexity index is 301. The van der Waals surface area contributed by atoms with E-state index in [9.17, 15) is 4.79 Å². The molecule has 11 heavy (non-hydrogen) atoms. The summed E-state index contributed by atoms with van der Waals surface area (Å²) in [5.74, 6) is -1.08. The topological polar surface area (TPSA) is 63.1 Å². The number of nitrogens with zero attached hydrogens (tertiary/aromatic N) is 2. The molecule has 0 atom stereocenters. The second kappa shape index (κ2) is 2.96. The van der Waals surface area contributed by atoms with Crippen molar-refractivity contribution in [3.8, 4) is 0 Å². The van der Waals surface area contributed by atoms with Gasteiger partial charge in [-0.3, -0.25) is 0 Å². The number of carbonyl (C=O) groups is 1. The van der Waals surface area contributed by atoms with E-state index in [2.05, 4.69) is 25.9 Å². The number of carboxylic acids is 1. The smallest absolute Gasteiger partial charge is 0.357 e. The van der Waals surface area contributed by atoms with E-state index in [1.54, 1.807) is 6.92 Å². The SMILES string of the molecule is Cc1cnc(C(=O)O)c(Br)n1. The standard InChI is InChI=1S/C6H5BrN2O2/c1-3-2-8-4(6(10)11)5(7)9-3/h2H,1H3,(H,10,11). The van der Waals surface area contributed by atoms with E-state index >= 15 is 0 Å². The molecule has 0 radical (unpaired) electrons. The molecule has 5 heteroatoms. The minimum Gasteiger partial charge on any atom is -0.476 e. The van der Waals surface area contributed by atoms with Crippen LogP contribution in [0.3, 0.4) is 0 Å². The van der Waals surface area contributed by atoms with E-state index in [-0.39, 0.29) is 10.3 Å². The fourth-order valence-corrected chi connectivity index (χ4v) is 1.14. The molecule has 0 unspecified atom stereocenters. The van der Waals surface area contributed by atoms with Crippen LogP contribution in [0.1, 0.15) is 16.2 Å². The van der Waals surface area contributed by atoms with Crippen LogP contribution in [0.4, 0.5) is 0 Å². The van der Waals surface area contributed by atoms with E-state index < -0.39 is 5.97 Å². The fourth-order valence-electron chi connectivity index (χ4n) is 0.591. The molecular weight excluding hydrogens is 212 g/mol. The Hall–Kier alpha value is -0.970. The van der Waals surface area contributed by atoms with Gasteiger partial charge in [0.05, 0.1) is 5.69 Å². The minimum atomic E-state index is -1.08. The lowest BCUT2D eigenvalue weighted by Gasteiger charge is -1.96. The number of carboxylic acid groups (broad SMARTS) is 1. The lowest BCUT2D eigenvalue weighted by atomic mass is 10.4. The lowest BCUT2D eigenvalue weighted by Crippen LogP contribution is -2.03. The quantitative estimate of drug-likeness (QED) is 0.768. The van der Waals surface area contributed by atoms with Gasteiger partial charge in [-0.15, -0.1) is 0 Å². The lowest BCUT2D eigenvalue weighted by molar-refractivity contribution is 0.0688. The first-order valence-electron chi connectivity index (χ1n) is 2.83. The summed E-state index contributed by atoms with van der Waals surface area (Å²) < 4.78 is 0.269. The summed E-state index contributed by atoms with van der Waals surface area (Å²) >= 11 is 2.99. The largest absolute Gasteiger partial charge is 0.476 e. The molecule has 1 rings (SSSR count). The Kier molecular flexibility index (Phi) is 2.19.